The maximum Gasteiger partial charge on any atom is 0.229 e. The zero-order chi connectivity index (χ0) is 16.1. The summed E-state index contributed by atoms with van der Waals surface area (Å²) in [7, 11) is 0. The summed E-state index contributed by atoms with van der Waals surface area (Å²) in [4.78, 5) is 22.9. The fourth-order valence-electron chi connectivity index (χ4n) is 3.50. The molecule has 6 nitrogen and oxygen atoms in total. The largest absolute Gasteiger partial charge is 0.355 e. The van der Waals surface area contributed by atoms with Crippen LogP contribution in [0.15, 0.2) is 36.0 Å². The quantitative estimate of drug-likeness (QED) is 0.715. The Morgan fingerprint density at radius 2 is 2.17 bits per heavy atom. The fraction of sp³-hybridized carbons (Fsp3) is 0.353. The van der Waals surface area contributed by atoms with Crippen LogP contribution < -0.4 is 4.90 Å². The molecule has 3 aromatic rings. The van der Waals surface area contributed by atoms with Gasteiger partial charge in [0.2, 0.25) is 5.91 Å². The number of fused-ring (bicyclic) bond motifs is 2. The van der Waals surface area contributed by atoms with Gasteiger partial charge in [-0.3, -0.25) is 4.79 Å². The molecule has 2 aliphatic heterocycles. The van der Waals surface area contributed by atoms with E-state index in [1.54, 1.807) is 22.0 Å². The first-order valence-corrected chi connectivity index (χ1v) is 9.05. The first-order valence-electron chi connectivity index (χ1n) is 8.17. The van der Waals surface area contributed by atoms with Crippen molar-refractivity contribution in [2.75, 3.05) is 24.5 Å². The van der Waals surface area contributed by atoms with E-state index < -0.39 is 0 Å². The molecule has 0 aromatic carbocycles. The number of carbonyl (C=O) groups excluding carboxylic acids is 1. The minimum atomic E-state index is 0.0909. The second-order valence-corrected chi connectivity index (χ2v) is 7.40. The van der Waals surface area contributed by atoms with E-state index in [-0.39, 0.29) is 11.8 Å². The lowest BCUT2D eigenvalue weighted by Gasteiger charge is -2.42. The zero-order valence-corrected chi connectivity index (χ0v) is 13.9. The number of rotatable bonds is 2. The van der Waals surface area contributed by atoms with E-state index in [4.69, 9.17) is 0 Å². The van der Waals surface area contributed by atoms with Gasteiger partial charge < -0.3 is 9.80 Å². The molecule has 7 heteroatoms. The van der Waals surface area contributed by atoms with Gasteiger partial charge in [-0.1, -0.05) is 0 Å². The van der Waals surface area contributed by atoms with E-state index in [0.29, 0.717) is 0 Å². The molecule has 1 saturated heterocycles. The summed E-state index contributed by atoms with van der Waals surface area (Å²) < 4.78 is 1.75. The van der Waals surface area contributed by atoms with Crippen molar-refractivity contribution in [3.05, 3.63) is 46.4 Å². The predicted molar refractivity (Wildman–Crippen MR) is 92.1 cm³/mol. The summed E-state index contributed by atoms with van der Waals surface area (Å²) in [6.07, 6.45) is 4.65. The van der Waals surface area contributed by atoms with E-state index >= 15 is 0 Å². The minimum Gasteiger partial charge on any atom is -0.355 e. The maximum absolute atomic E-state index is 12.7. The third-order valence-electron chi connectivity index (χ3n) is 4.92. The highest BCUT2D eigenvalue weighted by Gasteiger charge is 2.37. The summed E-state index contributed by atoms with van der Waals surface area (Å²) in [5.41, 5.74) is 2.16. The standard InChI is InChI=1S/C17H17N5OS/c23-17(20-6-2-14-12(9-20)4-8-24-14)13-10-21(11-13)15-3-7-22-16(19-15)1-5-18-22/h1,3-5,7-8,13H,2,6,9-11H2. The summed E-state index contributed by atoms with van der Waals surface area (Å²) >= 11 is 1.80. The number of carbonyl (C=O) groups is 1. The highest BCUT2D eigenvalue weighted by atomic mass is 32.1. The molecule has 122 valence electrons. The molecule has 24 heavy (non-hydrogen) atoms. The summed E-state index contributed by atoms with van der Waals surface area (Å²) in [5, 5.41) is 6.28. The Balaban J connectivity index is 1.25. The number of amides is 1. The number of hydrogen-bond acceptors (Lipinski definition) is 5. The van der Waals surface area contributed by atoms with Crippen LogP contribution in [-0.2, 0) is 17.8 Å². The van der Waals surface area contributed by atoms with Gasteiger partial charge in [-0.05, 0) is 29.5 Å². The lowest BCUT2D eigenvalue weighted by Crippen LogP contribution is -2.55. The van der Waals surface area contributed by atoms with Gasteiger partial charge in [0.1, 0.15) is 5.82 Å². The molecule has 0 N–H and O–H groups in total. The fourth-order valence-corrected chi connectivity index (χ4v) is 4.39. The predicted octanol–water partition coefficient (Wildman–Crippen LogP) is 1.81. The first-order chi connectivity index (χ1) is 11.8. The Morgan fingerprint density at radius 1 is 1.25 bits per heavy atom. The molecular weight excluding hydrogens is 322 g/mol. The Labute approximate surface area is 143 Å². The highest BCUT2D eigenvalue weighted by molar-refractivity contribution is 7.10. The molecule has 0 unspecified atom stereocenters. The Kier molecular flexibility index (Phi) is 3.09. The van der Waals surface area contributed by atoms with Crippen molar-refractivity contribution in [2.45, 2.75) is 13.0 Å². The lowest BCUT2D eigenvalue weighted by molar-refractivity contribution is -0.137. The van der Waals surface area contributed by atoms with E-state index in [2.05, 4.69) is 26.4 Å². The van der Waals surface area contributed by atoms with Crippen LogP contribution in [0.1, 0.15) is 10.4 Å². The van der Waals surface area contributed by atoms with Crippen LogP contribution in [0.4, 0.5) is 5.82 Å². The average Bonchev–Trinajstić information content (AvgIpc) is 3.21. The SMILES string of the molecule is O=C(C1CN(c2ccn3nccc3n2)C1)N1CCc2sccc2C1. The Hall–Kier alpha value is -2.41. The van der Waals surface area contributed by atoms with Crippen LogP contribution in [0, 0.1) is 5.92 Å². The van der Waals surface area contributed by atoms with Gasteiger partial charge in [-0.2, -0.15) is 5.10 Å². The van der Waals surface area contributed by atoms with Crippen LogP contribution in [0.3, 0.4) is 0 Å². The molecule has 0 saturated carbocycles. The van der Waals surface area contributed by atoms with Crippen molar-refractivity contribution < 1.29 is 4.79 Å². The van der Waals surface area contributed by atoms with Gasteiger partial charge in [0.15, 0.2) is 5.65 Å². The molecule has 0 radical (unpaired) electrons. The molecule has 5 rings (SSSR count). The number of nitrogens with zero attached hydrogens (tertiary/aromatic N) is 5. The van der Waals surface area contributed by atoms with Gasteiger partial charge >= 0.3 is 0 Å². The summed E-state index contributed by atoms with van der Waals surface area (Å²) in [5.74, 6) is 1.30. The van der Waals surface area contributed by atoms with Crippen LogP contribution in [0.5, 0.6) is 0 Å². The number of hydrogen-bond donors (Lipinski definition) is 0. The number of aromatic nitrogens is 3. The van der Waals surface area contributed by atoms with Crippen LogP contribution in [0.2, 0.25) is 0 Å². The third-order valence-corrected chi connectivity index (χ3v) is 5.94. The smallest absolute Gasteiger partial charge is 0.229 e. The normalized spacial score (nSPS) is 17.8. The van der Waals surface area contributed by atoms with E-state index in [1.165, 1.54) is 10.4 Å². The maximum atomic E-state index is 12.7. The zero-order valence-electron chi connectivity index (χ0n) is 13.1. The van der Waals surface area contributed by atoms with Gasteiger partial charge in [-0.25, -0.2) is 9.50 Å². The minimum absolute atomic E-state index is 0.0909. The monoisotopic (exact) mass is 339 g/mol. The summed E-state index contributed by atoms with van der Waals surface area (Å²) in [6, 6.07) is 5.99. The van der Waals surface area contributed by atoms with Crippen molar-refractivity contribution in [3.8, 4) is 0 Å². The summed E-state index contributed by atoms with van der Waals surface area (Å²) in [6.45, 7) is 3.13. The van der Waals surface area contributed by atoms with Gasteiger partial charge in [0, 0.05) is 43.3 Å². The molecule has 0 spiro atoms. The molecule has 0 bridgehead atoms. The van der Waals surface area contributed by atoms with Crippen molar-refractivity contribution in [3.63, 3.8) is 0 Å². The topological polar surface area (TPSA) is 53.7 Å². The van der Waals surface area contributed by atoms with E-state index in [0.717, 1.165) is 44.1 Å². The van der Waals surface area contributed by atoms with Crippen molar-refractivity contribution in [1.29, 1.82) is 0 Å². The molecule has 0 atom stereocenters. The molecular formula is C17H17N5OS. The molecule has 0 aliphatic carbocycles. The highest BCUT2D eigenvalue weighted by Crippen LogP contribution is 2.28. The Morgan fingerprint density at radius 3 is 3.08 bits per heavy atom. The lowest BCUT2D eigenvalue weighted by atomic mass is 9.97. The molecule has 1 fully saturated rings. The van der Waals surface area contributed by atoms with Crippen molar-refractivity contribution in [2.24, 2.45) is 5.92 Å². The van der Waals surface area contributed by atoms with Crippen molar-refractivity contribution >= 4 is 28.7 Å². The second-order valence-electron chi connectivity index (χ2n) is 6.40. The van der Waals surface area contributed by atoms with Crippen molar-refractivity contribution in [1.82, 2.24) is 19.5 Å². The average molecular weight is 339 g/mol. The van der Waals surface area contributed by atoms with Gasteiger partial charge in [-0.15, -0.1) is 11.3 Å². The van der Waals surface area contributed by atoms with Crippen LogP contribution in [0.25, 0.3) is 5.65 Å². The Bertz CT molecular complexity index is 910. The van der Waals surface area contributed by atoms with Crippen LogP contribution in [-0.4, -0.2) is 45.0 Å². The molecule has 5 heterocycles. The first kappa shape index (κ1) is 14.0. The number of anilines is 1. The molecule has 1 amide bonds. The third kappa shape index (κ3) is 2.19. The second kappa shape index (κ2) is 5.31. The van der Waals surface area contributed by atoms with Crippen LogP contribution >= 0.6 is 11.3 Å². The molecule has 3 aromatic heterocycles. The van der Waals surface area contributed by atoms with E-state index in [1.807, 2.05) is 23.2 Å². The van der Waals surface area contributed by atoms with Gasteiger partial charge in [0.05, 0.1) is 12.1 Å². The number of thiophene rings is 1. The molecule has 2 aliphatic rings. The van der Waals surface area contributed by atoms with E-state index in [9.17, 15) is 4.79 Å². The van der Waals surface area contributed by atoms with Gasteiger partial charge in [0.25, 0.3) is 0 Å².